The topological polar surface area (TPSA) is 47.3 Å². The van der Waals surface area contributed by atoms with E-state index in [0.29, 0.717) is 12.0 Å². The Morgan fingerprint density at radius 2 is 2.17 bits per heavy atom. The summed E-state index contributed by atoms with van der Waals surface area (Å²) in [6, 6.07) is 6.62. The highest BCUT2D eigenvalue weighted by molar-refractivity contribution is 9.10. The fourth-order valence-corrected chi connectivity index (χ4v) is 3.05. The van der Waals surface area contributed by atoms with E-state index in [1.165, 1.54) is 25.7 Å². The smallest absolute Gasteiger partial charge is 0.135 e. The average Bonchev–Trinajstić information content (AvgIpc) is 2.41. The molecule has 1 aromatic rings. The standard InChI is InChI=1S/C14H21BrN2O/c1-18-14-8-11(6-7-12(14)15)17-13-5-3-2-4-10(13)9-16/h6-8,10,13,17H,2-5,9,16H2,1H3. The summed E-state index contributed by atoms with van der Waals surface area (Å²) < 4.78 is 6.30. The van der Waals surface area contributed by atoms with Crippen LogP contribution in [0.4, 0.5) is 5.69 Å². The second-order valence-corrected chi connectivity index (χ2v) is 5.73. The van der Waals surface area contributed by atoms with Crippen molar-refractivity contribution in [2.75, 3.05) is 19.0 Å². The summed E-state index contributed by atoms with van der Waals surface area (Å²) in [4.78, 5) is 0. The van der Waals surface area contributed by atoms with Gasteiger partial charge in [0.05, 0.1) is 11.6 Å². The first kappa shape index (κ1) is 13.7. The molecule has 3 nitrogen and oxygen atoms in total. The second kappa shape index (κ2) is 6.43. The van der Waals surface area contributed by atoms with Crippen LogP contribution < -0.4 is 15.8 Å². The first-order chi connectivity index (χ1) is 8.74. The Hall–Kier alpha value is -0.740. The number of nitrogens with one attached hydrogen (secondary N) is 1. The number of ether oxygens (including phenoxy) is 1. The summed E-state index contributed by atoms with van der Waals surface area (Å²) in [6.07, 6.45) is 5.05. The molecule has 0 aromatic heterocycles. The first-order valence-corrected chi connectivity index (χ1v) is 7.34. The summed E-state index contributed by atoms with van der Waals surface area (Å²) in [5, 5.41) is 3.60. The quantitative estimate of drug-likeness (QED) is 0.896. The molecule has 1 aliphatic rings. The molecule has 1 aliphatic carbocycles. The Morgan fingerprint density at radius 3 is 2.89 bits per heavy atom. The fraction of sp³-hybridized carbons (Fsp3) is 0.571. The second-order valence-electron chi connectivity index (χ2n) is 4.88. The highest BCUT2D eigenvalue weighted by Crippen LogP contribution is 2.31. The van der Waals surface area contributed by atoms with E-state index < -0.39 is 0 Å². The van der Waals surface area contributed by atoms with Crippen molar-refractivity contribution >= 4 is 21.6 Å². The van der Waals surface area contributed by atoms with E-state index in [4.69, 9.17) is 10.5 Å². The van der Waals surface area contributed by atoms with Crippen LogP contribution in [0.3, 0.4) is 0 Å². The van der Waals surface area contributed by atoms with Crippen LogP contribution in [0.15, 0.2) is 22.7 Å². The van der Waals surface area contributed by atoms with Crippen LogP contribution in [0, 0.1) is 5.92 Å². The van der Waals surface area contributed by atoms with E-state index in [-0.39, 0.29) is 0 Å². The maximum absolute atomic E-state index is 5.86. The molecule has 0 amide bonds. The fourth-order valence-electron chi connectivity index (χ4n) is 2.64. The number of rotatable bonds is 4. The molecule has 1 aromatic carbocycles. The number of methoxy groups -OCH3 is 1. The third-order valence-electron chi connectivity index (χ3n) is 3.72. The van der Waals surface area contributed by atoms with Gasteiger partial charge < -0.3 is 15.8 Å². The number of halogens is 1. The van der Waals surface area contributed by atoms with Crippen LogP contribution in [-0.2, 0) is 0 Å². The Balaban J connectivity index is 2.07. The summed E-state index contributed by atoms with van der Waals surface area (Å²) in [7, 11) is 1.69. The van der Waals surface area contributed by atoms with Gasteiger partial charge in [-0.05, 0) is 53.4 Å². The Kier molecular flexibility index (Phi) is 4.89. The molecule has 3 N–H and O–H groups in total. The van der Waals surface area contributed by atoms with Gasteiger partial charge in [0.25, 0.3) is 0 Å². The lowest BCUT2D eigenvalue weighted by atomic mass is 9.84. The Bertz CT molecular complexity index is 397. The Morgan fingerprint density at radius 1 is 1.39 bits per heavy atom. The van der Waals surface area contributed by atoms with Gasteiger partial charge in [-0.3, -0.25) is 0 Å². The normalized spacial score (nSPS) is 23.7. The van der Waals surface area contributed by atoms with Gasteiger partial charge >= 0.3 is 0 Å². The predicted octanol–water partition coefficient (Wildman–Crippen LogP) is 3.39. The van der Waals surface area contributed by atoms with Crippen LogP contribution in [0.2, 0.25) is 0 Å². The molecule has 2 atom stereocenters. The minimum atomic E-state index is 0.495. The van der Waals surface area contributed by atoms with Crippen molar-refractivity contribution in [3.8, 4) is 5.75 Å². The van der Waals surface area contributed by atoms with Gasteiger partial charge in [0.15, 0.2) is 0 Å². The van der Waals surface area contributed by atoms with E-state index in [0.717, 1.165) is 22.5 Å². The number of anilines is 1. The van der Waals surface area contributed by atoms with Crippen molar-refractivity contribution in [2.24, 2.45) is 11.7 Å². The number of hydrogen-bond donors (Lipinski definition) is 2. The summed E-state index contributed by atoms with van der Waals surface area (Å²) in [6.45, 7) is 0.769. The van der Waals surface area contributed by atoms with E-state index in [9.17, 15) is 0 Å². The minimum absolute atomic E-state index is 0.495. The molecule has 0 radical (unpaired) electrons. The zero-order valence-electron chi connectivity index (χ0n) is 10.8. The third-order valence-corrected chi connectivity index (χ3v) is 4.37. The zero-order valence-corrected chi connectivity index (χ0v) is 12.4. The summed E-state index contributed by atoms with van der Waals surface area (Å²) in [5.41, 5.74) is 6.97. The highest BCUT2D eigenvalue weighted by Gasteiger charge is 2.23. The molecule has 0 spiro atoms. The zero-order chi connectivity index (χ0) is 13.0. The van der Waals surface area contributed by atoms with Crippen molar-refractivity contribution in [1.82, 2.24) is 0 Å². The number of hydrogen-bond acceptors (Lipinski definition) is 3. The maximum atomic E-state index is 5.86. The van der Waals surface area contributed by atoms with Crippen LogP contribution in [-0.4, -0.2) is 19.7 Å². The number of nitrogens with two attached hydrogens (primary N) is 1. The molecular weight excluding hydrogens is 292 g/mol. The molecular formula is C14H21BrN2O. The number of benzene rings is 1. The molecule has 100 valence electrons. The molecule has 0 heterocycles. The van der Waals surface area contributed by atoms with Gasteiger partial charge in [-0.15, -0.1) is 0 Å². The van der Waals surface area contributed by atoms with E-state index in [1.54, 1.807) is 7.11 Å². The van der Waals surface area contributed by atoms with Crippen LogP contribution in [0.5, 0.6) is 5.75 Å². The van der Waals surface area contributed by atoms with Gasteiger partial charge in [0.1, 0.15) is 5.75 Å². The lowest BCUT2D eigenvalue weighted by Gasteiger charge is -2.32. The third kappa shape index (κ3) is 3.18. The minimum Gasteiger partial charge on any atom is -0.495 e. The van der Waals surface area contributed by atoms with Gasteiger partial charge in [-0.25, -0.2) is 0 Å². The molecule has 0 bridgehead atoms. The SMILES string of the molecule is COc1cc(NC2CCCCC2CN)ccc1Br. The lowest BCUT2D eigenvalue weighted by Crippen LogP contribution is -2.36. The molecule has 0 saturated heterocycles. The van der Waals surface area contributed by atoms with Crippen molar-refractivity contribution in [3.05, 3.63) is 22.7 Å². The van der Waals surface area contributed by atoms with Crippen LogP contribution in [0.25, 0.3) is 0 Å². The monoisotopic (exact) mass is 312 g/mol. The van der Waals surface area contributed by atoms with Crippen LogP contribution >= 0.6 is 15.9 Å². The molecule has 2 unspecified atom stereocenters. The molecule has 2 rings (SSSR count). The van der Waals surface area contributed by atoms with Crippen molar-refractivity contribution in [2.45, 2.75) is 31.7 Å². The molecule has 4 heteroatoms. The van der Waals surface area contributed by atoms with Crippen molar-refractivity contribution in [3.63, 3.8) is 0 Å². The van der Waals surface area contributed by atoms with Crippen LogP contribution in [0.1, 0.15) is 25.7 Å². The summed E-state index contributed by atoms with van der Waals surface area (Å²) in [5.74, 6) is 1.45. The Labute approximate surface area is 117 Å². The molecule has 1 fully saturated rings. The van der Waals surface area contributed by atoms with Gasteiger partial charge in [0, 0.05) is 17.8 Å². The van der Waals surface area contributed by atoms with Crippen molar-refractivity contribution in [1.29, 1.82) is 0 Å². The van der Waals surface area contributed by atoms with E-state index >= 15 is 0 Å². The summed E-state index contributed by atoms with van der Waals surface area (Å²) >= 11 is 3.47. The van der Waals surface area contributed by atoms with E-state index in [2.05, 4.69) is 27.3 Å². The van der Waals surface area contributed by atoms with Crippen molar-refractivity contribution < 1.29 is 4.74 Å². The van der Waals surface area contributed by atoms with Gasteiger partial charge in [0.2, 0.25) is 0 Å². The average molecular weight is 313 g/mol. The van der Waals surface area contributed by atoms with E-state index in [1.807, 2.05) is 12.1 Å². The lowest BCUT2D eigenvalue weighted by molar-refractivity contribution is 0.332. The first-order valence-electron chi connectivity index (χ1n) is 6.54. The molecule has 0 aliphatic heterocycles. The largest absolute Gasteiger partial charge is 0.495 e. The molecule has 1 saturated carbocycles. The highest BCUT2D eigenvalue weighted by atomic mass is 79.9. The maximum Gasteiger partial charge on any atom is 0.135 e. The van der Waals surface area contributed by atoms with Gasteiger partial charge in [-0.2, -0.15) is 0 Å². The molecule has 18 heavy (non-hydrogen) atoms. The van der Waals surface area contributed by atoms with Gasteiger partial charge in [-0.1, -0.05) is 12.8 Å². The predicted molar refractivity (Wildman–Crippen MR) is 79.1 cm³/mol.